The molecule has 0 bridgehead atoms. The lowest BCUT2D eigenvalue weighted by Gasteiger charge is -2.29. The van der Waals surface area contributed by atoms with E-state index in [9.17, 15) is 18.3 Å². The molecule has 1 fully saturated rings. The van der Waals surface area contributed by atoms with Crippen molar-refractivity contribution in [2.75, 3.05) is 10.6 Å². The van der Waals surface area contributed by atoms with E-state index < -0.39 is 17.9 Å². The second kappa shape index (κ2) is 8.00. The Hall–Kier alpha value is -1.90. The third kappa shape index (κ3) is 5.09. The van der Waals surface area contributed by atoms with Crippen LogP contribution in [0.15, 0.2) is 5.83 Å². The van der Waals surface area contributed by atoms with Crippen molar-refractivity contribution < 1.29 is 18.3 Å². The number of nitrogens with zero attached hydrogens (tertiary/aromatic N) is 3. The van der Waals surface area contributed by atoms with E-state index in [1.165, 1.54) is 0 Å². The molecule has 2 aliphatic rings. The molecule has 0 aromatic carbocycles. The number of allylic oxidation sites excluding steroid dienone is 1. The summed E-state index contributed by atoms with van der Waals surface area (Å²) >= 11 is 0. The molecule has 1 saturated carbocycles. The molecule has 6 nitrogen and oxygen atoms in total. The van der Waals surface area contributed by atoms with Crippen LogP contribution >= 0.6 is 0 Å². The van der Waals surface area contributed by atoms with Crippen molar-refractivity contribution >= 4 is 17.5 Å². The first-order valence-corrected chi connectivity index (χ1v) is 9.47. The summed E-state index contributed by atoms with van der Waals surface area (Å²) in [6.45, 7) is 3.84. The molecule has 27 heavy (non-hydrogen) atoms. The quantitative estimate of drug-likeness (QED) is 0.713. The van der Waals surface area contributed by atoms with E-state index in [0.29, 0.717) is 38.1 Å². The average Bonchev–Trinajstić information content (AvgIpc) is 2.58. The Kier molecular flexibility index (Phi) is 5.88. The van der Waals surface area contributed by atoms with Crippen LogP contribution in [0.3, 0.4) is 0 Å². The highest BCUT2D eigenvalue weighted by atomic mass is 19.3. The van der Waals surface area contributed by atoms with Gasteiger partial charge in [0.15, 0.2) is 5.82 Å². The molecule has 3 rings (SSSR count). The first kappa shape index (κ1) is 19.9. The Morgan fingerprint density at radius 2 is 1.74 bits per heavy atom. The van der Waals surface area contributed by atoms with Crippen LogP contribution in [0.25, 0.3) is 5.57 Å². The van der Waals surface area contributed by atoms with E-state index in [-0.39, 0.29) is 42.3 Å². The minimum atomic E-state index is -2.61. The third-order valence-corrected chi connectivity index (χ3v) is 4.86. The first-order chi connectivity index (χ1) is 12.7. The summed E-state index contributed by atoms with van der Waals surface area (Å²) in [4.78, 5) is 12.9. The van der Waals surface area contributed by atoms with E-state index in [2.05, 4.69) is 25.6 Å². The number of aliphatic hydroxyl groups excluding tert-OH is 1. The van der Waals surface area contributed by atoms with Gasteiger partial charge in [-0.15, -0.1) is 0 Å². The van der Waals surface area contributed by atoms with Crippen LogP contribution in [-0.2, 0) is 0 Å². The van der Waals surface area contributed by atoms with Crippen LogP contribution in [0.4, 0.5) is 25.1 Å². The number of alkyl halides is 2. The fraction of sp³-hybridized carbons (Fsp3) is 0.722. The Bertz CT molecular complexity index is 700. The van der Waals surface area contributed by atoms with Gasteiger partial charge in [-0.2, -0.15) is 15.0 Å². The number of hydrogen-bond acceptors (Lipinski definition) is 6. The highest BCUT2D eigenvalue weighted by Gasteiger charge is 2.35. The molecule has 1 aromatic heterocycles. The van der Waals surface area contributed by atoms with Gasteiger partial charge in [-0.25, -0.2) is 13.2 Å². The molecule has 2 aliphatic carbocycles. The zero-order valence-corrected chi connectivity index (χ0v) is 15.6. The normalized spacial score (nSPS) is 23.6. The monoisotopic (exact) mass is 385 g/mol. The van der Waals surface area contributed by atoms with Crippen LogP contribution in [0.1, 0.15) is 64.6 Å². The van der Waals surface area contributed by atoms with E-state index >= 15 is 0 Å². The molecule has 0 spiro atoms. The predicted octanol–water partition coefficient (Wildman–Crippen LogP) is 3.91. The van der Waals surface area contributed by atoms with Gasteiger partial charge in [-0.1, -0.05) is 0 Å². The molecule has 9 heteroatoms. The molecule has 0 amide bonds. The smallest absolute Gasteiger partial charge is 0.248 e. The highest BCUT2D eigenvalue weighted by Crippen LogP contribution is 2.35. The third-order valence-electron chi connectivity index (χ3n) is 4.86. The lowest BCUT2D eigenvalue weighted by atomic mass is 9.92. The van der Waals surface area contributed by atoms with E-state index in [1.54, 1.807) is 0 Å². The number of nitrogens with one attached hydrogen (secondary N) is 2. The second-order valence-corrected chi connectivity index (χ2v) is 7.61. The maximum absolute atomic E-state index is 14.4. The minimum Gasteiger partial charge on any atom is -0.386 e. The van der Waals surface area contributed by atoms with Crippen molar-refractivity contribution in [2.45, 2.75) is 82.9 Å². The lowest BCUT2D eigenvalue weighted by molar-refractivity contribution is -0.0361. The summed E-state index contributed by atoms with van der Waals surface area (Å²) in [5.41, 5.74) is 0.279. The van der Waals surface area contributed by atoms with Crippen LogP contribution in [-0.4, -0.2) is 44.2 Å². The fourth-order valence-electron chi connectivity index (χ4n) is 3.40. The number of aliphatic hydroxyl groups is 1. The topological polar surface area (TPSA) is 83.0 Å². The van der Waals surface area contributed by atoms with Crippen LogP contribution < -0.4 is 10.6 Å². The summed E-state index contributed by atoms with van der Waals surface area (Å²) in [7, 11) is 0. The molecular formula is C18H26F3N5O. The molecule has 3 N–H and O–H groups in total. The van der Waals surface area contributed by atoms with Crippen molar-refractivity contribution in [2.24, 2.45) is 0 Å². The minimum absolute atomic E-state index is 0.0530. The van der Waals surface area contributed by atoms with Gasteiger partial charge in [-0.3, -0.25) is 0 Å². The van der Waals surface area contributed by atoms with E-state index in [0.717, 1.165) is 0 Å². The molecular weight excluding hydrogens is 359 g/mol. The molecule has 1 heterocycles. The zero-order valence-electron chi connectivity index (χ0n) is 15.6. The van der Waals surface area contributed by atoms with Crippen LogP contribution in [0.5, 0.6) is 0 Å². The fourth-order valence-corrected chi connectivity index (χ4v) is 3.40. The zero-order chi connectivity index (χ0) is 19.6. The van der Waals surface area contributed by atoms with Gasteiger partial charge < -0.3 is 15.7 Å². The molecule has 150 valence electrons. The van der Waals surface area contributed by atoms with Crippen molar-refractivity contribution in [3.05, 3.63) is 11.7 Å². The van der Waals surface area contributed by atoms with E-state index in [1.807, 2.05) is 13.8 Å². The molecule has 0 aliphatic heterocycles. The maximum atomic E-state index is 14.4. The molecule has 1 aromatic rings. The first-order valence-electron chi connectivity index (χ1n) is 9.47. The predicted molar refractivity (Wildman–Crippen MR) is 97.3 cm³/mol. The molecule has 0 radical (unpaired) electrons. The van der Waals surface area contributed by atoms with E-state index in [4.69, 9.17) is 0 Å². The SMILES string of the molecule is CC(C)Nc1nc(NC2CCC(F)(F)CC2)nc(C2=C(F)C(O)CCC2)n1. The Morgan fingerprint density at radius 3 is 2.41 bits per heavy atom. The van der Waals surface area contributed by atoms with Gasteiger partial charge in [0.2, 0.25) is 17.8 Å². The van der Waals surface area contributed by atoms with Crippen molar-refractivity contribution in [3.8, 4) is 0 Å². The summed E-state index contributed by atoms with van der Waals surface area (Å²) < 4.78 is 41.1. The Morgan fingerprint density at radius 1 is 1.07 bits per heavy atom. The summed E-state index contributed by atoms with van der Waals surface area (Å²) in [5.74, 6) is -2.52. The van der Waals surface area contributed by atoms with Crippen molar-refractivity contribution in [3.63, 3.8) is 0 Å². The number of anilines is 2. The molecule has 1 atom stereocenters. The van der Waals surface area contributed by atoms with Crippen LogP contribution in [0, 0.1) is 0 Å². The standard InChI is InChI=1S/C18H26F3N5O/c1-10(2)22-16-24-15(12-4-3-5-13(27)14(12)19)25-17(26-16)23-11-6-8-18(20,21)9-7-11/h10-11,13,27H,3-9H2,1-2H3,(H2,22,23,24,25,26). The number of rotatable bonds is 5. The van der Waals surface area contributed by atoms with Gasteiger partial charge in [0.1, 0.15) is 11.9 Å². The van der Waals surface area contributed by atoms with Crippen molar-refractivity contribution in [1.29, 1.82) is 0 Å². The second-order valence-electron chi connectivity index (χ2n) is 7.61. The number of halogens is 3. The van der Waals surface area contributed by atoms with Gasteiger partial charge in [0.25, 0.3) is 0 Å². The number of hydrogen-bond donors (Lipinski definition) is 3. The van der Waals surface area contributed by atoms with Crippen LogP contribution in [0.2, 0.25) is 0 Å². The van der Waals surface area contributed by atoms with Gasteiger partial charge in [-0.05, 0) is 46.0 Å². The summed E-state index contributed by atoms with van der Waals surface area (Å²) in [6.07, 6.45) is 0.597. The van der Waals surface area contributed by atoms with Crippen molar-refractivity contribution in [1.82, 2.24) is 15.0 Å². The Balaban J connectivity index is 1.86. The number of aromatic nitrogens is 3. The summed E-state index contributed by atoms with van der Waals surface area (Å²) in [5, 5.41) is 16.0. The maximum Gasteiger partial charge on any atom is 0.248 e. The van der Waals surface area contributed by atoms with Gasteiger partial charge in [0, 0.05) is 30.5 Å². The largest absolute Gasteiger partial charge is 0.386 e. The Labute approximate surface area is 156 Å². The summed E-state index contributed by atoms with van der Waals surface area (Å²) in [6, 6.07) is -0.111. The molecule has 1 unspecified atom stereocenters. The molecule has 0 saturated heterocycles. The average molecular weight is 385 g/mol. The highest BCUT2D eigenvalue weighted by molar-refractivity contribution is 5.65. The lowest BCUT2D eigenvalue weighted by Crippen LogP contribution is -2.32. The van der Waals surface area contributed by atoms with Gasteiger partial charge >= 0.3 is 0 Å². The van der Waals surface area contributed by atoms with Gasteiger partial charge in [0.05, 0.1) is 0 Å².